The van der Waals surface area contributed by atoms with Gasteiger partial charge >= 0.3 is 6.03 Å². The van der Waals surface area contributed by atoms with Crippen molar-refractivity contribution in [2.24, 2.45) is 0 Å². The molecule has 30 heavy (non-hydrogen) atoms. The Morgan fingerprint density at radius 1 is 1.10 bits per heavy atom. The summed E-state index contributed by atoms with van der Waals surface area (Å²) >= 11 is 0. The van der Waals surface area contributed by atoms with E-state index in [0.29, 0.717) is 18.5 Å². The maximum atomic E-state index is 12.4. The highest BCUT2D eigenvalue weighted by Gasteiger charge is 2.12. The second kappa shape index (κ2) is 9.30. The number of aryl methyl sites for hydroxylation is 3. The Balaban J connectivity index is 1.52. The lowest BCUT2D eigenvalue weighted by Gasteiger charge is -2.11. The van der Waals surface area contributed by atoms with Crippen LogP contribution in [0.3, 0.4) is 0 Å². The molecule has 0 radical (unpaired) electrons. The summed E-state index contributed by atoms with van der Waals surface area (Å²) in [5.41, 5.74) is 9.08. The first-order valence-electron chi connectivity index (χ1n) is 9.87. The molecule has 0 saturated carbocycles. The highest BCUT2D eigenvalue weighted by atomic mass is 16.5. The van der Waals surface area contributed by atoms with Gasteiger partial charge in [-0.1, -0.05) is 17.7 Å². The van der Waals surface area contributed by atoms with Gasteiger partial charge in [0.15, 0.2) is 0 Å². The Morgan fingerprint density at radius 2 is 1.90 bits per heavy atom. The molecule has 0 spiro atoms. The SMILES string of the molecule is CCn1c(C)nc2cc(C(=O)NNC(=O)NCCc3cc(C)ccc3OC)ccc21. The van der Waals surface area contributed by atoms with Crippen LogP contribution in [0, 0.1) is 13.8 Å². The lowest BCUT2D eigenvalue weighted by atomic mass is 10.1. The molecule has 3 aromatic rings. The van der Waals surface area contributed by atoms with Crippen LogP contribution in [0.25, 0.3) is 11.0 Å². The molecule has 3 amide bonds. The van der Waals surface area contributed by atoms with Crippen LogP contribution in [0.2, 0.25) is 0 Å². The monoisotopic (exact) mass is 409 g/mol. The van der Waals surface area contributed by atoms with Crippen molar-refractivity contribution in [3.05, 3.63) is 58.9 Å². The molecule has 0 saturated heterocycles. The topological polar surface area (TPSA) is 97.3 Å². The van der Waals surface area contributed by atoms with Gasteiger partial charge in [-0.25, -0.2) is 15.2 Å². The smallest absolute Gasteiger partial charge is 0.333 e. The summed E-state index contributed by atoms with van der Waals surface area (Å²) in [5.74, 6) is 1.27. The molecule has 0 unspecified atom stereocenters. The minimum atomic E-state index is -0.484. The normalized spacial score (nSPS) is 10.7. The summed E-state index contributed by atoms with van der Waals surface area (Å²) in [6.45, 7) is 7.20. The standard InChI is InChI=1S/C22H27N5O3/c1-5-27-15(3)24-18-13-17(7-8-19(18)27)21(28)25-26-22(29)23-11-10-16-12-14(2)6-9-20(16)30-4/h6-9,12-13H,5,10-11H2,1-4H3,(H,25,28)(H2,23,26,29). The number of hydrogen-bond donors (Lipinski definition) is 3. The Morgan fingerprint density at radius 3 is 2.63 bits per heavy atom. The average molecular weight is 409 g/mol. The number of rotatable bonds is 6. The summed E-state index contributed by atoms with van der Waals surface area (Å²) in [4.78, 5) is 28.9. The van der Waals surface area contributed by atoms with Crippen LogP contribution in [0.1, 0.15) is 34.2 Å². The van der Waals surface area contributed by atoms with Gasteiger partial charge in [0.25, 0.3) is 5.91 Å². The number of benzene rings is 2. The van der Waals surface area contributed by atoms with Crippen LogP contribution < -0.4 is 20.9 Å². The highest BCUT2D eigenvalue weighted by Crippen LogP contribution is 2.20. The van der Waals surface area contributed by atoms with Crippen molar-refractivity contribution in [3.63, 3.8) is 0 Å². The second-order valence-electron chi connectivity index (χ2n) is 7.01. The van der Waals surface area contributed by atoms with Crippen LogP contribution in [0.4, 0.5) is 4.79 Å². The van der Waals surface area contributed by atoms with Gasteiger partial charge in [-0.3, -0.25) is 10.2 Å². The van der Waals surface area contributed by atoms with E-state index in [9.17, 15) is 9.59 Å². The Labute approximate surface area is 175 Å². The summed E-state index contributed by atoms with van der Waals surface area (Å²) in [7, 11) is 1.62. The third-order valence-corrected chi connectivity index (χ3v) is 4.92. The van der Waals surface area contributed by atoms with Crippen molar-refractivity contribution in [1.29, 1.82) is 0 Å². The molecule has 1 aromatic heterocycles. The zero-order valence-corrected chi connectivity index (χ0v) is 17.7. The van der Waals surface area contributed by atoms with E-state index in [2.05, 4.69) is 25.7 Å². The van der Waals surface area contributed by atoms with Gasteiger partial charge in [-0.15, -0.1) is 0 Å². The van der Waals surface area contributed by atoms with Crippen LogP contribution in [0.5, 0.6) is 5.75 Å². The number of urea groups is 1. The van der Waals surface area contributed by atoms with Crippen molar-refractivity contribution in [3.8, 4) is 5.75 Å². The van der Waals surface area contributed by atoms with Crippen LogP contribution in [0.15, 0.2) is 36.4 Å². The number of ether oxygens (including phenoxy) is 1. The van der Waals surface area contributed by atoms with E-state index in [1.165, 1.54) is 0 Å². The number of carbonyl (C=O) groups is 2. The molecule has 1 heterocycles. The predicted molar refractivity (Wildman–Crippen MR) is 116 cm³/mol. The van der Waals surface area contributed by atoms with E-state index in [1.807, 2.05) is 45.0 Å². The van der Waals surface area contributed by atoms with Gasteiger partial charge in [0.2, 0.25) is 0 Å². The number of aromatic nitrogens is 2. The van der Waals surface area contributed by atoms with E-state index in [1.54, 1.807) is 19.2 Å². The fourth-order valence-corrected chi connectivity index (χ4v) is 3.43. The van der Waals surface area contributed by atoms with E-state index < -0.39 is 11.9 Å². The number of nitrogens with one attached hydrogen (secondary N) is 3. The molecule has 0 aliphatic carbocycles. The minimum Gasteiger partial charge on any atom is -0.496 e. The van der Waals surface area contributed by atoms with E-state index in [0.717, 1.165) is 40.3 Å². The molecule has 3 N–H and O–H groups in total. The number of nitrogens with zero attached hydrogens (tertiary/aromatic N) is 2. The summed E-state index contributed by atoms with van der Waals surface area (Å²) < 4.78 is 7.42. The van der Waals surface area contributed by atoms with Crippen molar-refractivity contribution in [2.75, 3.05) is 13.7 Å². The summed E-state index contributed by atoms with van der Waals surface area (Å²) in [6.07, 6.45) is 0.613. The van der Waals surface area contributed by atoms with Crippen molar-refractivity contribution < 1.29 is 14.3 Å². The fraction of sp³-hybridized carbons (Fsp3) is 0.318. The quantitative estimate of drug-likeness (QED) is 0.546. The highest BCUT2D eigenvalue weighted by molar-refractivity contribution is 5.98. The molecule has 0 aliphatic heterocycles. The van der Waals surface area contributed by atoms with E-state index >= 15 is 0 Å². The number of carbonyl (C=O) groups excluding carboxylic acids is 2. The van der Waals surface area contributed by atoms with Crippen LogP contribution in [-0.2, 0) is 13.0 Å². The second-order valence-corrected chi connectivity index (χ2v) is 7.01. The van der Waals surface area contributed by atoms with Crippen LogP contribution >= 0.6 is 0 Å². The van der Waals surface area contributed by atoms with Crippen LogP contribution in [-0.4, -0.2) is 35.1 Å². The third kappa shape index (κ3) is 4.71. The van der Waals surface area contributed by atoms with E-state index in [4.69, 9.17) is 4.74 Å². The molecule has 2 aromatic carbocycles. The average Bonchev–Trinajstić information content (AvgIpc) is 3.06. The van der Waals surface area contributed by atoms with Crippen molar-refractivity contribution in [2.45, 2.75) is 33.7 Å². The molecule has 0 fully saturated rings. The minimum absolute atomic E-state index is 0.404. The molecule has 158 valence electrons. The first-order chi connectivity index (χ1) is 14.4. The van der Waals surface area contributed by atoms with Gasteiger partial charge in [0, 0.05) is 18.7 Å². The lowest BCUT2D eigenvalue weighted by Crippen LogP contribution is -2.47. The van der Waals surface area contributed by atoms with E-state index in [-0.39, 0.29) is 0 Å². The van der Waals surface area contributed by atoms with Gasteiger partial charge in [-0.2, -0.15) is 0 Å². The molecule has 8 nitrogen and oxygen atoms in total. The Bertz CT molecular complexity index is 1070. The molecule has 0 bridgehead atoms. The summed E-state index contributed by atoms with van der Waals surface area (Å²) in [5, 5.41) is 2.72. The number of imidazole rings is 1. The molecular weight excluding hydrogens is 382 g/mol. The predicted octanol–water partition coefficient (Wildman–Crippen LogP) is 2.87. The third-order valence-electron chi connectivity index (χ3n) is 4.92. The van der Waals surface area contributed by atoms with Crippen molar-refractivity contribution >= 4 is 23.0 Å². The lowest BCUT2D eigenvalue weighted by molar-refractivity contribution is 0.0936. The number of amides is 3. The summed E-state index contributed by atoms with van der Waals surface area (Å²) in [6, 6.07) is 10.7. The molecule has 8 heteroatoms. The van der Waals surface area contributed by atoms with Gasteiger partial charge < -0.3 is 14.6 Å². The zero-order chi connectivity index (χ0) is 21.7. The number of fused-ring (bicyclic) bond motifs is 1. The number of hydrogen-bond acceptors (Lipinski definition) is 4. The number of methoxy groups -OCH3 is 1. The maximum Gasteiger partial charge on any atom is 0.333 e. The molecule has 0 aliphatic rings. The molecule has 3 rings (SSSR count). The molecular formula is C22H27N5O3. The van der Waals surface area contributed by atoms with Gasteiger partial charge in [-0.05, 0) is 57.0 Å². The first kappa shape index (κ1) is 21.2. The fourth-order valence-electron chi connectivity index (χ4n) is 3.43. The van der Waals surface area contributed by atoms with Gasteiger partial charge in [0.1, 0.15) is 11.6 Å². The largest absolute Gasteiger partial charge is 0.496 e. The van der Waals surface area contributed by atoms with Crippen molar-refractivity contribution in [1.82, 2.24) is 25.7 Å². The Hall–Kier alpha value is -3.55. The molecule has 0 atom stereocenters. The maximum absolute atomic E-state index is 12.4. The van der Waals surface area contributed by atoms with Gasteiger partial charge in [0.05, 0.1) is 18.1 Å². The zero-order valence-electron chi connectivity index (χ0n) is 17.7. The number of hydrazine groups is 1. The Kier molecular flexibility index (Phi) is 6.56. The first-order valence-corrected chi connectivity index (χ1v) is 9.87.